The van der Waals surface area contributed by atoms with E-state index in [-0.39, 0.29) is 17.6 Å². The second kappa shape index (κ2) is 4.58. The van der Waals surface area contributed by atoms with E-state index in [1.807, 2.05) is 19.9 Å². The molecule has 0 spiro atoms. The standard InChI is InChI=1S/C12H17N3O2/c1-7(2)9-8(6-13)10(15-17-9)14-11(16)12(3,4)5/h7H,1-5H3,(H,14,15,16). The molecule has 0 saturated carbocycles. The Labute approximate surface area is 101 Å². The number of aromatic nitrogens is 1. The normalized spacial score (nSPS) is 11.4. The number of hydrogen-bond acceptors (Lipinski definition) is 4. The summed E-state index contributed by atoms with van der Waals surface area (Å²) in [6.07, 6.45) is 0. The highest BCUT2D eigenvalue weighted by Gasteiger charge is 2.25. The van der Waals surface area contributed by atoms with Gasteiger partial charge in [-0.25, -0.2) is 0 Å². The smallest absolute Gasteiger partial charge is 0.231 e. The number of hydrogen-bond donors (Lipinski definition) is 1. The van der Waals surface area contributed by atoms with Crippen LogP contribution in [0.2, 0.25) is 0 Å². The van der Waals surface area contributed by atoms with Crippen LogP contribution in [0, 0.1) is 16.7 Å². The minimum atomic E-state index is -0.538. The number of amides is 1. The number of nitriles is 1. The molecule has 0 aliphatic carbocycles. The number of carbonyl (C=O) groups excluding carboxylic acids is 1. The van der Waals surface area contributed by atoms with Crippen molar-refractivity contribution in [3.63, 3.8) is 0 Å². The van der Waals surface area contributed by atoms with Crippen LogP contribution < -0.4 is 5.32 Å². The molecule has 0 fully saturated rings. The molecule has 0 radical (unpaired) electrons. The number of nitrogens with zero attached hydrogens (tertiary/aromatic N) is 2. The third-order valence-electron chi connectivity index (χ3n) is 2.27. The molecule has 92 valence electrons. The fourth-order valence-corrected chi connectivity index (χ4v) is 1.19. The Hall–Kier alpha value is -1.83. The van der Waals surface area contributed by atoms with E-state index in [2.05, 4.69) is 10.5 Å². The lowest BCUT2D eigenvalue weighted by atomic mass is 9.95. The van der Waals surface area contributed by atoms with E-state index >= 15 is 0 Å². The molecule has 1 aromatic heterocycles. The van der Waals surface area contributed by atoms with Gasteiger partial charge in [0.25, 0.3) is 0 Å². The minimum Gasteiger partial charge on any atom is -0.357 e. The molecule has 0 bridgehead atoms. The predicted octanol–water partition coefficient (Wildman–Crippen LogP) is 2.65. The quantitative estimate of drug-likeness (QED) is 0.854. The van der Waals surface area contributed by atoms with Crippen molar-refractivity contribution in [2.24, 2.45) is 5.41 Å². The van der Waals surface area contributed by atoms with E-state index < -0.39 is 5.41 Å². The van der Waals surface area contributed by atoms with Gasteiger partial charge < -0.3 is 9.84 Å². The van der Waals surface area contributed by atoms with Crippen LogP contribution in [0.4, 0.5) is 5.82 Å². The molecule has 0 aliphatic heterocycles. The average molecular weight is 235 g/mol. The molecule has 17 heavy (non-hydrogen) atoms. The van der Waals surface area contributed by atoms with Crippen molar-refractivity contribution in [1.29, 1.82) is 5.26 Å². The molecule has 1 N–H and O–H groups in total. The fourth-order valence-electron chi connectivity index (χ4n) is 1.19. The van der Waals surface area contributed by atoms with Gasteiger partial charge in [-0.2, -0.15) is 5.26 Å². The summed E-state index contributed by atoms with van der Waals surface area (Å²) in [5.41, 5.74) is -0.235. The summed E-state index contributed by atoms with van der Waals surface area (Å²) in [7, 11) is 0. The van der Waals surface area contributed by atoms with Gasteiger partial charge in [-0.3, -0.25) is 4.79 Å². The first-order chi connectivity index (χ1) is 7.77. The summed E-state index contributed by atoms with van der Waals surface area (Å²) in [6.45, 7) is 9.17. The van der Waals surface area contributed by atoms with E-state index in [0.717, 1.165) is 0 Å². The second-order valence-electron chi connectivity index (χ2n) is 5.24. The first-order valence-electron chi connectivity index (χ1n) is 5.48. The number of rotatable bonds is 2. The van der Waals surface area contributed by atoms with E-state index in [0.29, 0.717) is 11.3 Å². The van der Waals surface area contributed by atoms with Crippen molar-refractivity contribution in [2.45, 2.75) is 40.5 Å². The van der Waals surface area contributed by atoms with Gasteiger partial charge in [0.05, 0.1) is 0 Å². The summed E-state index contributed by atoms with van der Waals surface area (Å²) < 4.78 is 5.07. The summed E-state index contributed by atoms with van der Waals surface area (Å²) in [5.74, 6) is 0.558. The zero-order valence-electron chi connectivity index (χ0n) is 10.8. The lowest BCUT2D eigenvalue weighted by Gasteiger charge is -2.16. The van der Waals surface area contributed by atoms with Crippen molar-refractivity contribution in [3.05, 3.63) is 11.3 Å². The van der Waals surface area contributed by atoms with Crippen LogP contribution in [0.3, 0.4) is 0 Å². The third-order valence-corrected chi connectivity index (χ3v) is 2.27. The first kappa shape index (κ1) is 13.2. The van der Waals surface area contributed by atoms with Gasteiger partial charge in [0, 0.05) is 11.3 Å². The molecule has 0 atom stereocenters. The molecule has 0 saturated heterocycles. The molecule has 0 aliphatic rings. The van der Waals surface area contributed by atoms with E-state index in [1.54, 1.807) is 20.8 Å². The van der Waals surface area contributed by atoms with Crippen LogP contribution in [-0.2, 0) is 4.79 Å². The molecule has 0 unspecified atom stereocenters. The Morgan fingerprint density at radius 3 is 2.47 bits per heavy atom. The summed E-state index contributed by atoms with van der Waals surface area (Å²) in [6, 6.07) is 2.01. The van der Waals surface area contributed by atoms with Gasteiger partial charge in [0.1, 0.15) is 11.6 Å². The van der Waals surface area contributed by atoms with Gasteiger partial charge in [-0.05, 0) is 0 Å². The molecule has 5 heteroatoms. The Kier molecular flexibility index (Phi) is 3.56. The maximum absolute atomic E-state index is 11.8. The summed E-state index contributed by atoms with van der Waals surface area (Å²) in [4.78, 5) is 11.8. The van der Waals surface area contributed by atoms with Gasteiger partial charge in [-0.1, -0.05) is 39.8 Å². The Morgan fingerprint density at radius 1 is 1.47 bits per heavy atom. The van der Waals surface area contributed by atoms with Gasteiger partial charge in [0.2, 0.25) is 5.91 Å². The highest BCUT2D eigenvalue weighted by Crippen LogP contribution is 2.26. The third kappa shape index (κ3) is 2.84. The molecule has 1 aromatic rings. The van der Waals surface area contributed by atoms with Crippen molar-refractivity contribution in [2.75, 3.05) is 5.32 Å². The van der Waals surface area contributed by atoms with Crippen LogP contribution in [0.25, 0.3) is 0 Å². The zero-order valence-corrected chi connectivity index (χ0v) is 10.8. The number of anilines is 1. The second-order valence-corrected chi connectivity index (χ2v) is 5.24. The molecular weight excluding hydrogens is 218 g/mol. The Bertz CT molecular complexity index is 461. The molecule has 1 heterocycles. The van der Waals surface area contributed by atoms with Crippen molar-refractivity contribution >= 4 is 11.7 Å². The van der Waals surface area contributed by atoms with E-state index in [1.165, 1.54) is 0 Å². The van der Waals surface area contributed by atoms with E-state index in [9.17, 15) is 4.79 Å². The maximum atomic E-state index is 11.8. The topological polar surface area (TPSA) is 78.9 Å². The zero-order chi connectivity index (χ0) is 13.2. The minimum absolute atomic E-state index is 0.0532. The van der Waals surface area contributed by atoms with Crippen molar-refractivity contribution < 1.29 is 9.32 Å². The highest BCUT2D eigenvalue weighted by molar-refractivity contribution is 5.94. The van der Waals surface area contributed by atoms with Gasteiger partial charge in [-0.15, -0.1) is 0 Å². The predicted molar refractivity (Wildman–Crippen MR) is 63.4 cm³/mol. The van der Waals surface area contributed by atoms with Crippen molar-refractivity contribution in [3.8, 4) is 6.07 Å². The van der Waals surface area contributed by atoms with Crippen molar-refractivity contribution in [1.82, 2.24) is 5.16 Å². The lowest BCUT2D eigenvalue weighted by Crippen LogP contribution is -2.28. The SMILES string of the molecule is CC(C)c1onc(NC(=O)C(C)(C)C)c1C#N. The molecule has 5 nitrogen and oxygen atoms in total. The van der Waals surface area contributed by atoms with Gasteiger partial charge >= 0.3 is 0 Å². The van der Waals surface area contributed by atoms with Crippen LogP contribution in [0.15, 0.2) is 4.52 Å². The van der Waals surface area contributed by atoms with Gasteiger partial charge in [0.15, 0.2) is 11.6 Å². The molecule has 1 amide bonds. The molecule has 1 rings (SSSR count). The monoisotopic (exact) mass is 235 g/mol. The summed E-state index contributed by atoms with van der Waals surface area (Å²) in [5, 5.41) is 15.4. The fraction of sp³-hybridized carbons (Fsp3) is 0.583. The maximum Gasteiger partial charge on any atom is 0.231 e. The van der Waals surface area contributed by atoms with Crippen LogP contribution in [-0.4, -0.2) is 11.1 Å². The first-order valence-corrected chi connectivity index (χ1v) is 5.48. The molecule has 0 aromatic carbocycles. The van der Waals surface area contributed by atoms with E-state index in [4.69, 9.17) is 9.78 Å². The Morgan fingerprint density at radius 2 is 2.06 bits per heavy atom. The highest BCUT2D eigenvalue weighted by atomic mass is 16.5. The number of nitrogens with one attached hydrogen (secondary N) is 1. The van der Waals surface area contributed by atoms with Crippen LogP contribution in [0.1, 0.15) is 51.9 Å². The molecular formula is C12H17N3O2. The number of carbonyl (C=O) groups is 1. The Balaban J connectivity index is 3.02. The van der Waals surface area contributed by atoms with Crippen LogP contribution >= 0.6 is 0 Å². The lowest BCUT2D eigenvalue weighted by molar-refractivity contribution is -0.123. The average Bonchev–Trinajstić information content (AvgIpc) is 2.59. The summed E-state index contributed by atoms with van der Waals surface area (Å²) >= 11 is 0. The van der Waals surface area contributed by atoms with Crippen LogP contribution in [0.5, 0.6) is 0 Å². The largest absolute Gasteiger partial charge is 0.357 e.